The number of amides is 1. The molecular formula is C13H18F3NO4. The second-order valence-corrected chi connectivity index (χ2v) is 6.41. The number of alkyl halides is 3. The number of halogens is 3. The summed E-state index contributed by atoms with van der Waals surface area (Å²) in [6.07, 6.45) is -5.60. The molecule has 1 amide bonds. The number of aldehydes is 1. The average molecular weight is 309 g/mol. The van der Waals surface area contributed by atoms with Gasteiger partial charge in [0.1, 0.15) is 11.9 Å². The lowest BCUT2D eigenvalue weighted by atomic mass is 9.97. The molecule has 0 aromatic rings. The third kappa shape index (κ3) is 3.48. The van der Waals surface area contributed by atoms with E-state index in [2.05, 4.69) is 4.74 Å². The van der Waals surface area contributed by atoms with Crippen molar-refractivity contribution in [3.8, 4) is 0 Å². The molecule has 0 N–H and O–H groups in total. The van der Waals surface area contributed by atoms with Gasteiger partial charge in [-0.2, -0.15) is 0 Å². The van der Waals surface area contributed by atoms with Gasteiger partial charge in [0.2, 0.25) is 0 Å². The summed E-state index contributed by atoms with van der Waals surface area (Å²) in [5.41, 5.74) is -0.728. The standard InChI is InChI=1S/C13H18F3NO4/c1-12(2,3)21-11(19)17-7-4-8(9(17)6-18)10(5-7)20-13(14,15)16/h6-10H,4-5H2,1-3H3/t7-,8-,9+,10+/m1/s1. The lowest BCUT2D eigenvalue weighted by molar-refractivity contribution is -0.348. The Morgan fingerprint density at radius 3 is 2.33 bits per heavy atom. The summed E-state index contributed by atoms with van der Waals surface area (Å²) in [5.74, 6) is -0.637. The number of ether oxygens (including phenoxy) is 2. The van der Waals surface area contributed by atoms with Gasteiger partial charge in [0, 0.05) is 12.0 Å². The van der Waals surface area contributed by atoms with Crippen LogP contribution in [-0.2, 0) is 14.3 Å². The molecule has 120 valence electrons. The van der Waals surface area contributed by atoms with Crippen molar-refractivity contribution >= 4 is 12.4 Å². The van der Waals surface area contributed by atoms with Crippen LogP contribution in [0.25, 0.3) is 0 Å². The van der Waals surface area contributed by atoms with Gasteiger partial charge in [0.25, 0.3) is 0 Å². The Kier molecular flexibility index (Phi) is 3.94. The normalized spacial score (nSPS) is 32.4. The van der Waals surface area contributed by atoms with E-state index < -0.39 is 42.2 Å². The predicted molar refractivity (Wildman–Crippen MR) is 65.4 cm³/mol. The van der Waals surface area contributed by atoms with Crippen molar-refractivity contribution in [3.63, 3.8) is 0 Å². The fourth-order valence-electron chi connectivity index (χ4n) is 3.10. The molecule has 1 heterocycles. The molecule has 1 aliphatic carbocycles. The zero-order valence-electron chi connectivity index (χ0n) is 12.0. The summed E-state index contributed by atoms with van der Waals surface area (Å²) in [6, 6.07) is -1.38. The summed E-state index contributed by atoms with van der Waals surface area (Å²) in [5, 5.41) is 0. The van der Waals surface area contributed by atoms with Crippen LogP contribution in [-0.4, -0.2) is 47.4 Å². The molecule has 1 saturated heterocycles. The van der Waals surface area contributed by atoms with Gasteiger partial charge in [-0.25, -0.2) is 4.79 Å². The van der Waals surface area contributed by atoms with Crippen LogP contribution < -0.4 is 0 Å². The van der Waals surface area contributed by atoms with Gasteiger partial charge in [-0.15, -0.1) is 13.2 Å². The molecule has 2 bridgehead atoms. The minimum absolute atomic E-state index is 0.0633. The summed E-state index contributed by atoms with van der Waals surface area (Å²) in [6.45, 7) is 5.06. The minimum Gasteiger partial charge on any atom is -0.444 e. The molecule has 0 aromatic carbocycles. The zero-order valence-corrected chi connectivity index (χ0v) is 12.0. The van der Waals surface area contributed by atoms with Crippen molar-refractivity contribution in [2.45, 2.75) is 63.8 Å². The number of carbonyl (C=O) groups is 2. The molecule has 0 spiro atoms. The van der Waals surface area contributed by atoms with E-state index in [1.807, 2.05) is 0 Å². The Hall–Kier alpha value is -1.31. The highest BCUT2D eigenvalue weighted by molar-refractivity contribution is 5.76. The first-order chi connectivity index (χ1) is 9.52. The molecule has 1 saturated carbocycles. The third-order valence-corrected chi connectivity index (χ3v) is 3.71. The monoisotopic (exact) mass is 309 g/mol. The third-order valence-electron chi connectivity index (χ3n) is 3.71. The zero-order chi connectivity index (χ0) is 16.0. The molecule has 21 heavy (non-hydrogen) atoms. The average Bonchev–Trinajstić information content (AvgIpc) is 2.80. The molecule has 0 radical (unpaired) electrons. The number of likely N-dealkylation sites (tertiary alicyclic amines) is 1. The largest absolute Gasteiger partial charge is 0.522 e. The van der Waals surface area contributed by atoms with Crippen molar-refractivity contribution in [3.05, 3.63) is 0 Å². The minimum atomic E-state index is -4.74. The van der Waals surface area contributed by atoms with Crippen LogP contribution in [0.3, 0.4) is 0 Å². The first-order valence-electron chi connectivity index (χ1n) is 6.73. The van der Waals surface area contributed by atoms with E-state index in [-0.39, 0.29) is 6.42 Å². The van der Waals surface area contributed by atoms with Crippen LogP contribution in [0.1, 0.15) is 33.6 Å². The van der Waals surface area contributed by atoms with Crippen LogP contribution in [0.15, 0.2) is 0 Å². The van der Waals surface area contributed by atoms with Gasteiger partial charge in [-0.05, 0) is 33.6 Å². The number of nitrogens with zero attached hydrogens (tertiary/aromatic N) is 1. The van der Waals surface area contributed by atoms with Gasteiger partial charge in [0.15, 0.2) is 0 Å². The second-order valence-electron chi connectivity index (χ2n) is 6.41. The number of rotatable bonds is 2. The molecule has 2 fully saturated rings. The van der Waals surface area contributed by atoms with Crippen LogP contribution in [0.2, 0.25) is 0 Å². The van der Waals surface area contributed by atoms with E-state index in [1.54, 1.807) is 20.8 Å². The summed E-state index contributed by atoms with van der Waals surface area (Å²) < 4.78 is 46.2. The number of piperidine rings is 1. The first kappa shape index (κ1) is 16.1. The summed E-state index contributed by atoms with van der Waals surface area (Å²) in [4.78, 5) is 24.5. The van der Waals surface area contributed by atoms with E-state index in [1.165, 1.54) is 4.90 Å². The lowest BCUT2D eigenvalue weighted by Gasteiger charge is -2.36. The van der Waals surface area contributed by atoms with Crippen LogP contribution in [0.4, 0.5) is 18.0 Å². The highest BCUT2D eigenvalue weighted by Gasteiger charge is 2.56. The molecule has 0 aromatic heterocycles. The fraction of sp³-hybridized carbons (Fsp3) is 0.846. The van der Waals surface area contributed by atoms with E-state index in [4.69, 9.17) is 4.74 Å². The van der Waals surface area contributed by atoms with E-state index in [0.717, 1.165) is 0 Å². The van der Waals surface area contributed by atoms with Gasteiger partial charge < -0.3 is 9.53 Å². The van der Waals surface area contributed by atoms with Gasteiger partial charge >= 0.3 is 12.5 Å². The Morgan fingerprint density at radius 1 is 1.24 bits per heavy atom. The van der Waals surface area contributed by atoms with Crippen LogP contribution in [0.5, 0.6) is 0 Å². The topological polar surface area (TPSA) is 55.8 Å². The van der Waals surface area contributed by atoms with Crippen molar-refractivity contribution < 1.29 is 32.2 Å². The Bertz CT molecular complexity index is 432. The molecule has 2 aliphatic rings. The van der Waals surface area contributed by atoms with Crippen molar-refractivity contribution in [2.24, 2.45) is 5.92 Å². The molecule has 1 aliphatic heterocycles. The maximum Gasteiger partial charge on any atom is 0.522 e. The smallest absolute Gasteiger partial charge is 0.444 e. The summed E-state index contributed by atoms with van der Waals surface area (Å²) >= 11 is 0. The number of fused-ring (bicyclic) bond motifs is 2. The highest BCUT2D eigenvalue weighted by Crippen LogP contribution is 2.45. The summed E-state index contributed by atoms with van der Waals surface area (Å²) in [7, 11) is 0. The first-order valence-corrected chi connectivity index (χ1v) is 6.73. The molecule has 2 rings (SSSR count). The van der Waals surface area contributed by atoms with Crippen molar-refractivity contribution in [2.75, 3.05) is 0 Å². The molecule has 8 heteroatoms. The lowest BCUT2D eigenvalue weighted by Crippen LogP contribution is -2.52. The Labute approximate surface area is 120 Å². The quantitative estimate of drug-likeness (QED) is 0.735. The number of carbonyl (C=O) groups excluding carboxylic acids is 2. The molecule has 0 unspecified atom stereocenters. The molecule has 5 nitrogen and oxygen atoms in total. The molecule has 4 atom stereocenters. The van der Waals surface area contributed by atoms with Crippen molar-refractivity contribution in [1.29, 1.82) is 0 Å². The second kappa shape index (κ2) is 5.15. The van der Waals surface area contributed by atoms with E-state index in [9.17, 15) is 22.8 Å². The van der Waals surface area contributed by atoms with Gasteiger partial charge in [0.05, 0.1) is 12.1 Å². The maximum atomic E-state index is 12.3. The van der Waals surface area contributed by atoms with E-state index >= 15 is 0 Å². The van der Waals surface area contributed by atoms with Crippen LogP contribution >= 0.6 is 0 Å². The SMILES string of the molecule is CC(C)(C)OC(=O)N1[C@@H]2C[C@@H]([C@@H](OC(F)(F)F)C2)[C@@H]1C=O. The molecular weight excluding hydrogens is 291 g/mol. The highest BCUT2D eigenvalue weighted by atomic mass is 19.4. The Balaban J connectivity index is 2.09. The van der Waals surface area contributed by atoms with E-state index in [0.29, 0.717) is 12.7 Å². The maximum absolute atomic E-state index is 12.3. The van der Waals surface area contributed by atoms with Crippen LogP contribution in [0, 0.1) is 5.92 Å². The Morgan fingerprint density at radius 2 is 1.86 bits per heavy atom. The number of hydrogen-bond donors (Lipinski definition) is 0. The van der Waals surface area contributed by atoms with Gasteiger partial charge in [-0.1, -0.05) is 0 Å². The predicted octanol–water partition coefficient (Wildman–Crippen LogP) is 2.49. The fourth-order valence-corrected chi connectivity index (χ4v) is 3.10. The van der Waals surface area contributed by atoms with Crippen molar-refractivity contribution in [1.82, 2.24) is 4.90 Å². The number of hydrogen-bond acceptors (Lipinski definition) is 4. The van der Waals surface area contributed by atoms with Gasteiger partial charge in [-0.3, -0.25) is 9.64 Å².